The normalized spacial score (nSPS) is 12.9. The van der Waals surface area contributed by atoms with Gasteiger partial charge in [0.1, 0.15) is 0 Å². The number of hydrogen-bond donors (Lipinski definition) is 1. The highest BCUT2D eigenvalue weighted by molar-refractivity contribution is 6.06. The van der Waals surface area contributed by atoms with Crippen molar-refractivity contribution < 1.29 is 9.59 Å². The Balaban J connectivity index is 1.51. The van der Waals surface area contributed by atoms with Gasteiger partial charge in [-0.3, -0.25) is 14.6 Å². The third kappa shape index (κ3) is 4.04. The second-order valence-corrected chi connectivity index (χ2v) is 7.17. The van der Waals surface area contributed by atoms with Gasteiger partial charge in [0, 0.05) is 31.2 Å². The summed E-state index contributed by atoms with van der Waals surface area (Å²) in [6.45, 7) is 3.29. The molecule has 0 atom stereocenters. The minimum atomic E-state index is -0.267. The van der Waals surface area contributed by atoms with Gasteiger partial charge in [-0.05, 0) is 41.7 Å². The van der Waals surface area contributed by atoms with Gasteiger partial charge in [-0.2, -0.15) is 0 Å². The molecule has 5 nitrogen and oxygen atoms in total. The van der Waals surface area contributed by atoms with Crippen molar-refractivity contribution in [2.45, 2.75) is 26.3 Å². The van der Waals surface area contributed by atoms with E-state index in [-0.39, 0.29) is 11.8 Å². The summed E-state index contributed by atoms with van der Waals surface area (Å²) in [7, 11) is 0. The zero-order valence-corrected chi connectivity index (χ0v) is 16.4. The average Bonchev–Trinajstić information content (AvgIpc) is 2.78. The highest BCUT2D eigenvalue weighted by Gasteiger charge is 2.22. The van der Waals surface area contributed by atoms with E-state index in [1.54, 1.807) is 6.07 Å². The molecule has 1 aliphatic heterocycles. The first-order chi connectivity index (χ1) is 14.2. The van der Waals surface area contributed by atoms with E-state index in [0.717, 1.165) is 24.1 Å². The van der Waals surface area contributed by atoms with Crippen LogP contribution in [0.3, 0.4) is 0 Å². The number of rotatable bonds is 4. The van der Waals surface area contributed by atoms with E-state index in [0.29, 0.717) is 24.2 Å². The molecule has 2 amide bonds. The lowest BCUT2D eigenvalue weighted by Gasteiger charge is -2.28. The number of aryl methyl sites for hydroxylation is 1. The number of anilines is 1. The molecule has 4 rings (SSSR count). The number of nitrogens with zero attached hydrogens (tertiary/aromatic N) is 2. The van der Waals surface area contributed by atoms with Crippen LogP contribution in [0.4, 0.5) is 5.69 Å². The maximum absolute atomic E-state index is 13.0. The van der Waals surface area contributed by atoms with Crippen LogP contribution in [0.15, 0.2) is 67.0 Å². The summed E-state index contributed by atoms with van der Waals surface area (Å²) in [5.41, 5.74) is 5.11. The Hall–Kier alpha value is -3.47. The molecule has 1 aliphatic rings. The third-order valence-electron chi connectivity index (χ3n) is 5.31. The predicted octanol–water partition coefficient (Wildman–Crippen LogP) is 4.09. The molecule has 1 aromatic heterocycles. The van der Waals surface area contributed by atoms with Crippen molar-refractivity contribution >= 4 is 17.5 Å². The second kappa shape index (κ2) is 8.27. The van der Waals surface area contributed by atoms with Crippen molar-refractivity contribution in [2.75, 3.05) is 11.9 Å². The van der Waals surface area contributed by atoms with E-state index in [1.807, 2.05) is 48.2 Å². The topological polar surface area (TPSA) is 62.3 Å². The lowest BCUT2D eigenvalue weighted by Crippen LogP contribution is -2.36. The van der Waals surface area contributed by atoms with E-state index in [2.05, 4.69) is 22.4 Å². The molecule has 3 aromatic rings. The number of aromatic nitrogens is 1. The summed E-state index contributed by atoms with van der Waals surface area (Å²) >= 11 is 0. The van der Waals surface area contributed by atoms with Crippen LogP contribution in [0.25, 0.3) is 0 Å². The lowest BCUT2D eigenvalue weighted by atomic mass is 9.99. The van der Waals surface area contributed by atoms with E-state index in [4.69, 9.17) is 0 Å². The van der Waals surface area contributed by atoms with Gasteiger partial charge in [-0.1, -0.05) is 49.4 Å². The van der Waals surface area contributed by atoms with Gasteiger partial charge >= 0.3 is 0 Å². The Labute approximate surface area is 170 Å². The number of amides is 2. The predicted molar refractivity (Wildman–Crippen MR) is 113 cm³/mol. The van der Waals surface area contributed by atoms with Gasteiger partial charge in [0.05, 0.1) is 11.1 Å². The van der Waals surface area contributed by atoms with Crippen LogP contribution in [0, 0.1) is 0 Å². The zero-order chi connectivity index (χ0) is 20.2. The number of fused-ring (bicyclic) bond motifs is 1. The number of nitrogens with one attached hydrogen (secondary N) is 1. The quantitative estimate of drug-likeness (QED) is 0.736. The van der Waals surface area contributed by atoms with Crippen LogP contribution >= 0.6 is 0 Å². The number of para-hydroxylation sites is 1. The summed E-state index contributed by atoms with van der Waals surface area (Å²) in [6.07, 6.45) is 4.68. The van der Waals surface area contributed by atoms with E-state index >= 15 is 0 Å². The number of hydrogen-bond acceptors (Lipinski definition) is 3. The molecule has 0 unspecified atom stereocenters. The number of benzene rings is 2. The molecule has 1 N–H and O–H groups in total. The average molecular weight is 385 g/mol. The van der Waals surface area contributed by atoms with E-state index in [1.165, 1.54) is 23.5 Å². The van der Waals surface area contributed by atoms with Gasteiger partial charge < -0.3 is 10.2 Å². The first kappa shape index (κ1) is 18.9. The number of pyridine rings is 1. The number of carbonyl (C=O) groups excluding carboxylic acids is 2. The van der Waals surface area contributed by atoms with Gasteiger partial charge in [-0.25, -0.2) is 0 Å². The summed E-state index contributed by atoms with van der Waals surface area (Å²) in [5, 5.41) is 2.93. The minimum absolute atomic E-state index is 0.101. The molecule has 0 fully saturated rings. The van der Waals surface area contributed by atoms with Crippen LogP contribution in [0.2, 0.25) is 0 Å². The Morgan fingerprint density at radius 3 is 2.55 bits per heavy atom. The van der Waals surface area contributed by atoms with Crippen molar-refractivity contribution in [1.82, 2.24) is 9.88 Å². The molecule has 0 saturated carbocycles. The standard InChI is InChI=1S/C24H23N3O2/c1-2-17-7-5-6-10-22(17)26-23(28)20-13-21(15-25-14-20)24(29)27-12-11-18-8-3-4-9-19(18)16-27/h3-10,13-15H,2,11-12,16H2,1H3,(H,26,28). The number of carbonyl (C=O) groups is 2. The highest BCUT2D eigenvalue weighted by Crippen LogP contribution is 2.21. The van der Waals surface area contributed by atoms with E-state index in [9.17, 15) is 9.59 Å². The van der Waals surface area contributed by atoms with Gasteiger partial charge in [-0.15, -0.1) is 0 Å². The summed E-state index contributed by atoms with van der Waals surface area (Å²) in [4.78, 5) is 31.7. The zero-order valence-electron chi connectivity index (χ0n) is 16.4. The SMILES string of the molecule is CCc1ccccc1NC(=O)c1cncc(C(=O)N2CCc3ccccc3C2)c1. The molecule has 146 valence electrons. The summed E-state index contributed by atoms with van der Waals surface area (Å²) in [6, 6.07) is 17.5. The van der Waals surface area contributed by atoms with Crippen molar-refractivity contribution in [1.29, 1.82) is 0 Å². The van der Waals surface area contributed by atoms with Crippen LogP contribution in [0.1, 0.15) is 44.3 Å². The maximum atomic E-state index is 13.0. The Morgan fingerprint density at radius 1 is 1.00 bits per heavy atom. The molecular formula is C24H23N3O2. The van der Waals surface area contributed by atoms with Gasteiger partial charge in [0.2, 0.25) is 0 Å². The first-order valence-corrected chi connectivity index (χ1v) is 9.86. The molecule has 2 heterocycles. The fourth-order valence-corrected chi connectivity index (χ4v) is 3.68. The molecule has 0 saturated heterocycles. The fourth-order valence-electron chi connectivity index (χ4n) is 3.68. The van der Waals surface area contributed by atoms with Crippen molar-refractivity contribution in [2.24, 2.45) is 0 Å². The minimum Gasteiger partial charge on any atom is -0.334 e. The van der Waals surface area contributed by atoms with Crippen LogP contribution in [0.5, 0.6) is 0 Å². The van der Waals surface area contributed by atoms with Crippen LogP contribution in [-0.4, -0.2) is 28.2 Å². The van der Waals surface area contributed by atoms with E-state index < -0.39 is 0 Å². The molecule has 0 bridgehead atoms. The van der Waals surface area contributed by atoms with Crippen molar-refractivity contribution in [3.05, 3.63) is 94.8 Å². The second-order valence-electron chi connectivity index (χ2n) is 7.17. The summed E-state index contributed by atoms with van der Waals surface area (Å²) < 4.78 is 0. The Morgan fingerprint density at radius 2 is 1.72 bits per heavy atom. The molecule has 29 heavy (non-hydrogen) atoms. The molecule has 0 radical (unpaired) electrons. The molecule has 0 aliphatic carbocycles. The largest absolute Gasteiger partial charge is 0.334 e. The van der Waals surface area contributed by atoms with Crippen molar-refractivity contribution in [3.63, 3.8) is 0 Å². The smallest absolute Gasteiger partial charge is 0.257 e. The monoisotopic (exact) mass is 385 g/mol. The molecule has 0 spiro atoms. The molecular weight excluding hydrogens is 362 g/mol. The fraction of sp³-hybridized carbons (Fsp3) is 0.208. The lowest BCUT2D eigenvalue weighted by molar-refractivity contribution is 0.0734. The Kier molecular flexibility index (Phi) is 5.38. The highest BCUT2D eigenvalue weighted by atomic mass is 16.2. The van der Waals surface area contributed by atoms with Gasteiger partial charge in [0.25, 0.3) is 11.8 Å². The van der Waals surface area contributed by atoms with Crippen LogP contribution < -0.4 is 5.32 Å². The summed E-state index contributed by atoms with van der Waals surface area (Å²) in [5.74, 6) is -0.368. The van der Waals surface area contributed by atoms with Crippen molar-refractivity contribution in [3.8, 4) is 0 Å². The molecule has 5 heteroatoms. The maximum Gasteiger partial charge on any atom is 0.257 e. The Bertz CT molecular complexity index is 1060. The van der Waals surface area contributed by atoms with Crippen LogP contribution in [-0.2, 0) is 19.4 Å². The first-order valence-electron chi connectivity index (χ1n) is 9.86. The third-order valence-corrected chi connectivity index (χ3v) is 5.31. The van der Waals surface area contributed by atoms with Gasteiger partial charge in [0.15, 0.2) is 0 Å². The molecule has 2 aromatic carbocycles.